The summed E-state index contributed by atoms with van der Waals surface area (Å²) in [5.41, 5.74) is -0.103. The number of halogens is 2. The second-order valence-corrected chi connectivity index (χ2v) is 5.30. The summed E-state index contributed by atoms with van der Waals surface area (Å²) in [5.74, 6) is 0.224. The molecule has 20 heavy (non-hydrogen) atoms. The van der Waals surface area contributed by atoms with Crippen LogP contribution in [0.5, 0.6) is 5.75 Å². The van der Waals surface area contributed by atoms with E-state index in [0.29, 0.717) is 16.9 Å². The first-order chi connectivity index (χ1) is 9.44. The average Bonchev–Trinajstić information content (AvgIpc) is 2.44. The fourth-order valence-electron chi connectivity index (χ4n) is 2.11. The van der Waals surface area contributed by atoms with Crippen LogP contribution in [0.4, 0.5) is 4.39 Å². The highest BCUT2D eigenvalue weighted by atomic mass is 35.5. The summed E-state index contributed by atoms with van der Waals surface area (Å²) in [6.07, 6.45) is 0.145. The largest absolute Gasteiger partial charge is 0.497 e. The van der Waals surface area contributed by atoms with Crippen LogP contribution >= 0.6 is 11.6 Å². The predicted octanol–water partition coefficient (Wildman–Crippen LogP) is 3.94. The molecule has 2 nitrogen and oxygen atoms in total. The van der Waals surface area contributed by atoms with Crippen molar-refractivity contribution in [2.75, 3.05) is 7.11 Å². The van der Waals surface area contributed by atoms with E-state index < -0.39 is 11.4 Å². The van der Waals surface area contributed by atoms with E-state index in [2.05, 4.69) is 0 Å². The summed E-state index contributed by atoms with van der Waals surface area (Å²) >= 11 is 5.76. The molecule has 2 aromatic rings. The van der Waals surface area contributed by atoms with Crippen LogP contribution in [0, 0.1) is 5.82 Å². The summed E-state index contributed by atoms with van der Waals surface area (Å²) in [6, 6.07) is 11.8. The molecule has 0 aromatic heterocycles. The lowest BCUT2D eigenvalue weighted by Gasteiger charge is -2.24. The molecule has 0 fully saturated rings. The number of methoxy groups -OCH3 is 1. The lowest BCUT2D eigenvalue weighted by molar-refractivity contribution is 0.0566. The van der Waals surface area contributed by atoms with Crippen molar-refractivity contribution in [3.05, 3.63) is 64.4 Å². The van der Waals surface area contributed by atoms with Crippen LogP contribution in [0.25, 0.3) is 0 Å². The van der Waals surface area contributed by atoms with E-state index in [4.69, 9.17) is 16.3 Å². The lowest BCUT2D eigenvalue weighted by atomic mass is 9.89. The minimum absolute atomic E-state index is 0.0630. The Morgan fingerprint density at radius 3 is 2.45 bits per heavy atom. The van der Waals surface area contributed by atoms with E-state index in [1.165, 1.54) is 6.07 Å². The van der Waals surface area contributed by atoms with Crippen molar-refractivity contribution in [2.24, 2.45) is 0 Å². The number of aliphatic hydroxyl groups is 1. The van der Waals surface area contributed by atoms with Gasteiger partial charge < -0.3 is 9.84 Å². The minimum atomic E-state index is -1.18. The maximum Gasteiger partial charge on any atom is 0.145 e. The van der Waals surface area contributed by atoms with E-state index in [0.717, 1.165) is 0 Å². The van der Waals surface area contributed by atoms with E-state index >= 15 is 0 Å². The first-order valence-electron chi connectivity index (χ1n) is 6.24. The molecule has 0 aliphatic heterocycles. The third kappa shape index (κ3) is 3.11. The number of hydrogen-bond acceptors (Lipinski definition) is 2. The van der Waals surface area contributed by atoms with Crippen LogP contribution in [-0.2, 0) is 12.0 Å². The maximum absolute atomic E-state index is 13.9. The fraction of sp³-hybridized carbons (Fsp3) is 0.250. The first kappa shape index (κ1) is 14.8. The van der Waals surface area contributed by atoms with Gasteiger partial charge in [0.25, 0.3) is 0 Å². The molecular formula is C16H16ClFO2. The molecule has 2 rings (SSSR count). The van der Waals surface area contributed by atoms with Crippen LogP contribution in [0.2, 0.25) is 5.02 Å². The molecule has 2 aromatic carbocycles. The van der Waals surface area contributed by atoms with Crippen LogP contribution in [-0.4, -0.2) is 12.2 Å². The summed E-state index contributed by atoms with van der Waals surface area (Å²) in [6.45, 7) is 1.65. The van der Waals surface area contributed by atoms with Gasteiger partial charge in [0.1, 0.15) is 11.6 Å². The van der Waals surface area contributed by atoms with Gasteiger partial charge in [0, 0.05) is 6.42 Å². The Labute approximate surface area is 122 Å². The number of benzene rings is 2. The second-order valence-electron chi connectivity index (χ2n) is 4.89. The molecule has 0 spiro atoms. The molecule has 0 bridgehead atoms. The first-order valence-corrected chi connectivity index (χ1v) is 6.61. The van der Waals surface area contributed by atoms with Crippen LogP contribution in [0.3, 0.4) is 0 Å². The quantitative estimate of drug-likeness (QED) is 0.925. The van der Waals surface area contributed by atoms with Crippen molar-refractivity contribution >= 4 is 11.6 Å². The molecule has 0 heterocycles. The highest BCUT2D eigenvalue weighted by Crippen LogP contribution is 2.29. The fourth-order valence-corrected chi connectivity index (χ4v) is 2.30. The van der Waals surface area contributed by atoms with Gasteiger partial charge >= 0.3 is 0 Å². The molecule has 1 atom stereocenters. The molecule has 4 heteroatoms. The molecule has 0 saturated heterocycles. The van der Waals surface area contributed by atoms with Gasteiger partial charge in [-0.05, 0) is 36.2 Å². The Kier molecular flexibility index (Phi) is 4.31. The topological polar surface area (TPSA) is 29.5 Å². The Hall–Kier alpha value is -1.58. The Balaban J connectivity index is 2.27. The van der Waals surface area contributed by atoms with Gasteiger partial charge in [0.2, 0.25) is 0 Å². The second kappa shape index (κ2) is 5.81. The van der Waals surface area contributed by atoms with Crippen molar-refractivity contribution in [3.63, 3.8) is 0 Å². The van der Waals surface area contributed by atoms with Crippen molar-refractivity contribution in [1.82, 2.24) is 0 Å². The monoisotopic (exact) mass is 294 g/mol. The summed E-state index contributed by atoms with van der Waals surface area (Å²) in [4.78, 5) is 0. The van der Waals surface area contributed by atoms with E-state index in [9.17, 15) is 9.50 Å². The predicted molar refractivity (Wildman–Crippen MR) is 77.7 cm³/mol. The van der Waals surface area contributed by atoms with Crippen molar-refractivity contribution in [1.29, 1.82) is 0 Å². The lowest BCUT2D eigenvalue weighted by Crippen LogP contribution is -2.24. The number of rotatable bonds is 4. The van der Waals surface area contributed by atoms with Crippen LogP contribution in [0.15, 0.2) is 42.5 Å². The SMILES string of the molecule is COc1ccc(C(C)(O)Cc2cccc(Cl)c2F)cc1. The van der Waals surface area contributed by atoms with E-state index in [1.807, 2.05) is 0 Å². The highest BCUT2D eigenvalue weighted by Gasteiger charge is 2.25. The number of hydrogen-bond donors (Lipinski definition) is 1. The van der Waals surface area contributed by atoms with Gasteiger partial charge in [-0.15, -0.1) is 0 Å². The van der Waals surface area contributed by atoms with Gasteiger partial charge in [0.05, 0.1) is 17.7 Å². The molecule has 0 radical (unpaired) electrons. The molecule has 0 aliphatic carbocycles. The Bertz CT molecular complexity index is 594. The summed E-state index contributed by atoms with van der Waals surface area (Å²) in [5, 5.41) is 10.6. The van der Waals surface area contributed by atoms with Crippen LogP contribution < -0.4 is 4.74 Å². The molecule has 0 amide bonds. The third-order valence-corrected chi connectivity index (χ3v) is 3.57. The molecule has 0 aliphatic rings. The minimum Gasteiger partial charge on any atom is -0.497 e. The molecule has 1 N–H and O–H groups in total. The zero-order valence-corrected chi connectivity index (χ0v) is 12.1. The zero-order chi connectivity index (χ0) is 14.8. The van der Waals surface area contributed by atoms with Crippen molar-refractivity contribution in [2.45, 2.75) is 18.9 Å². The molecule has 106 valence electrons. The summed E-state index contributed by atoms with van der Waals surface area (Å²) < 4.78 is 19.0. The van der Waals surface area contributed by atoms with E-state index in [1.54, 1.807) is 50.4 Å². The van der Waals surface area contributed by atoms with Crippen LogP contribution in [0.1, 0.15) is 18.1 Å². The summed E-state index contributed by atoms with van der Waals surface area (Å²) in [7, 11) is 1.58. The van der Waals surface area contributed by atoms with Crippen molar-refractivity contribution in [3.8, 4) is 5.75 Å². The smallest absolute Gasteiger partial charge is 0.145 e. The third-order valence-electron chi connectivity index (χ3n) is 3.28. The van der Waals surface area contributed by atoms with Crippen molar-refractivity contribution < 1.29 is 14.2 Å². The molecule has 0 saturated carbocycles. The number of ether oxygens (including phenoxy) is 1. The molecular weight excluding hydrogens is 279 g/mol. The van der Waals surface area contributed by atoms with Gasteiger partial charge in [-0.3, -0.25) is 0 Å². The van der Waals surface area contributed by atoms with Gasteiger partial charge in [0.15, 0.2) is 0 Å². The Morgan fingerprint density at radius 2 is 1.85 bits per heavy atom. The van der Waals surface area contributed by atoms with Gasteiger partial charge in [-0.1, -0.05) is 35.9 Å². The standard InChI is InChI=1S/C16H16ClFO2/c1-16(19,12-6-8-13(20-2)9-7-12)10-11-4-3-5-14(17)15(11)18/h3-9,19H,10H2,1-2H3. The maximum atomic E-state index is 13.9. The van der Waals surface area contributed by atoms with Gasteiger partial charge in [-0.2, -0.15) is 0 Å². The highest BCUT2D eigenvalue weighted by molar-refractivity contribution is 6.30. The normalized spacial score (nSPS) is 13.8. The van der Waals surface area contributed by atoms with E-state index in [-0.39, 0.29) is 11.4 Å². The average molecular weight is 295 g/mol. The zero-order valence-electron chi connectivity index (χ0n) is 11.4. The van der Waals surface area contributed by atoms with Gasteiger partial charge in [-0.25, -0.2) is 4.39 Å². The Morgan fingerprint density at radius 1 is 1.20 bits per heavy atom. The molecule has 1 unspecified atom stereocenters.